The molecule has 0 amide bonds. The van der Waals surface area contributed by atoms with E-state index in [1.807, 2.05) is 12.1 Å². The van der Waals surface area contributed by atoms with Crippen molar-refractivity contribution in [3.8, 4) is 23.0 Å². The Balaban J connectivity index is 1.40. The molecular weight excluding hydrogens is 474 g/mol. The molecule has 5 aromatic rings. The van der Waals surface area contributed by atoms with Gasteiger partial charge in [-0.15, -0.1) is 5.75 Å². The van der Waals surface area contributed by atoms with E-state index in [4.69, 9.17) is 19.8 Å². The Bertz CT molecular complexity index is 1610. The molecule has 2 N–H and O–H groups in total. The molecule has 0 aromatic heterocycles. The zero-order valence-corrected chi connectivity index (χ0v) is 19.6. The van der Waals surface area contributed by atoms with Gasteiger partial charge in [0.2, 0.25) is 5.75 Å². The van der Waals surface area contributed by atoms with Crippen molar-refractivity contribution in [1.29, 1.82) is 5.41 Å². The van der Waals surface area contributed by atoms with Gasteiger partial charge in [-0.3, -0.25) is 10.4 Å². The minimum Gasteiger partial charge on any atom is -0.872 e. The summed E-state index contributed by atoms with van der Waals surface area (Å²) < 4.78 is 5.24. The molecule has 0 saturated carbocycles. The van der Waals surface area contributed by atoms with Crippen LogP contribution in [0, 0.1) is 10.6 Å². The molecule has 0 heterocycles. The number of rotatable bonds is 8. The summed E-state index contributed by atoms with van der Waals surface area (Å²) >= 11 is 0. The number of nitrogens with one attached hydrogen (secondary N) is 1. The molecule has 0 spiro atoms. The Morgan fingerprint density at radius 2 is 1.38 bits per heavy atom. The van der Waals surface area contributed by atoms with Crippen LogP contribution in [0.3, 0.4) is 0 Å². The minimum absolute atomic E-state index is 0.00452. The fraction of sp³-hybridized carbons (Fsp3) is 0.0357. The summed E-state index contributed by atoms with van der Waals surface area (Å²) in [6.45, 7) is 0. The first kappa shape index (κ1) is 23.7. The van der Waals surface area contributed by atoms with Gasteiger partial charge in [0.15, 0.2) is 5.75 Å². The average Bonchev–Trinajstić information content (AvgIpc) is 2.92. The quantitative estimate of drug-likeness (QED) is 0.212. The first-order chi connectivity index (χ1) is 17.9. The molecule has 5 rings (SSSR count). The molecule has 0 unspecified atom stereocenters. The number of nitrogens with zero attached hydrogens (tertiary/aromatic N) is 2. The molecule has 0 radical (unpaired) electrons. The van der Waals surface area contributed by atoms with E-state index in [0.717, 1.165) is 27.8 Å². The maximum absolute atomic E-state index is 12.9. The third kappa shape index (κ3) is 5.03. The highest BCUT2D eigenvalue weighted by Gasteiger charge is 2.14. The van der Waals surface area contributed by atoms with Crippen molar-refractivity contribution >= 4 is 39.1 Å². The van der Waals surface area contributed by atoms with Gasteiger partial charge in [0, 0.05) is 6.21 Å². The number of ether oxygens (including phenoxy) is 1. The van der Waals surface area contributed by atoms with Crippen LogP contribution in [0.4, 0.5) is 11.4 Å². The van der Waals surface area contributed by atoms with E-state index in [0.29, 0.717) is 21.8 Å². The normalized spacial score (nSPS) is 10.8. The van der Waals surface area contributed by atoms with Gasteiger partial charge in [-0.05, 0) is 81.7 Å². The van der Waals surface area contributed by atoms with E-state index in [-0.39, 0.29) is 28.6 Å². The van der Waals surface area contributed by atoms with Crippen molar-refractivity contribution in [3.63, 3.8) is 0 Å². The Kier molecular flexibility index (Phi) is 6.38. The summed E-state index contributed by atoms with van der Waals surface area (Å²) in [4.78, 5) is 11.1. The second kappa shape index (κ2) is 9.94. The largest absolute Gasteiger partial charge is 0.872 e. The van der Waals surface area contributed by atoms with Crippen molar-refractivity contribution in [2.24, 2.45) is 0 Å². The van der Waals surface area contributed by atoms with E-state index in [1.54, 1.807) is 61.7 Å². The zero-order valence-electron chi connectivity index (χ0n) is 19.6. The molecular formula is C28H21N3O6-2. The van der Waals surface area contributed by atoms with Gasteiger partial charge >= 0.3 is 0 Å². The van der Waals surface area contributed by atoms with Gasteiger partial charge in [0.25, 0.3) is 0 Å². The summed E-state index contributed by atoms with van der Waals surface area (Å²) in [5.41, 5.74) is 0.989. The lowest BCUT2D eigenvalue weighted by molar-refractivity contribution is -0.268. The van der Waals surface area contributed by atoms with Gasteiger partial charge < -0.3 is 30.1 Å². The van der Waals surface area contributed by atoms with Crippen LogP contribution in [0.5, 0.6) is 23.0 Å². The van der Waals surface area contributed by atoms with Crippen molar-refractivity contribution in [1.82, 2.24) is 0 Å². The smallest absolute Gasteiger partial charge is 0.204 e. The molecule has 0 aliphatic carbocycles. The van der Waals surface area contributed by atoms with Gasteiger partial charge in [-0.1, -0.05) is 41.6 Å². The summed E-state index contributed by atoms with van der Waals surface area (Å²) in [7, 11) is 1.59. The molecule has 9 nitrogen and oxygen atoms in total. The molecule has 0 bridgehead atoms. The van der Waals surface area contributed by atoms with Crippen LogP contribution in [-0.4, -0.2) is 18.5 Å². The fourth-order valence-electron chi connectivity index (χ4n) is 3.83. The van der Waals surface area contributed by atoms with E-state index in [9.17, 15) is 15.5 Å². The highest BCUT2D eigenvalue weighted by molar-refractivity contribution is 5.88. The number of benzene rings is 5. The molecule has 0 aliphatic heterocycles. The second-order valence-electron chi connectivity index (χ2n) is 8.15. The van der Waals surface area contributed by atoms with Crippen molar-refractivity contribution in [2.75, 3.05) is 17.6 Å². The molecule has 37 heavy (non-hydrogen) atoms. The summed E-state index contributed by atoms with van der Waals surface area (Å²) in [6, 6.07) is 24.5. The molecule has 0 fully saturated rings. The Morgan fingerprint density at radius 1 is 0.730 bits per heavy atom. The standard InChI is InChI=1S/C28H22N3O6/c1-35-26-10-6-20-14-23(8-4-22(20)16-26)30(33)36-27-11-2-18(17-29)12-28(27)37-31(34)24-7-3-21-15-25(32)9-5-19(21)13-24/h2-17,29,32,34H,1H3/q-1/p-1. The van der Waals surface area contributed by atoms with Crippen LogP contribution in [0.15, 0.2) is 91.0 Å². The number of fused-ring (bicyclic) bond motifs is 2. The van der Waals surface area contributed by atoms with Crippen molar-refractivity contribution in [2.45, 2.75) is 0 Å². The Morgan fingerprint density at radius 3 is 2.14 bits per heavy atom. The van der Waals surface area contributed by atoms with Crippen LogP contribution in [0.1, 0.15) is 5.56 Å². The third-order valence-corrected chi connectivity index (χ3v) is 5.76. The molecule has 0 saturated heterocycles. The summed E-state index contributed by atoms with van der Waals surface area (Å²) in [5, 5.41) is 46.7. The summed E-state index contributed by atoms with van der Waals surface area (Å²) in [6.07, 6.45) is 1.10. The highest BCUT2D eigenvalue weighted by atomic mass is 16.9. The molecule has 9 heteroatoms. The van der Waals surface area contributed by atoms with Gasteiger partial charge in [-0.2, -0.15) is 0 Å². The lowest BCUT2D eigenvalue weighted by Crippen LogP contribution is -2.24. The van der Waals surface area contributed by atoms with E-state index >= 15 is 0 Å². The fourth-order valence-corrected chi connectivity index (χ4v) is 3.83. The summed E-state index contributed by atoms with van der Waals surface area (Å²) in [5.74, 6) is 0.616. The van der Waals surface area contributed by atoms with Crippen LogP contribution >= 0.6 is 0 Å². The SMILES string of the molecule is COc1ccc2cc(N([O-])Oc3ccc(C=N)cc3ON(O)c3ccc4cc([O-])ccc4c3)ccc2c1. The number of hydrogen-bond donors (Lipinski definition) is 2. The molecule has 186 valence electrons. The predicted molar refractivity (Wildman–Crippen MR) is 140 cm³/mol. The van der Waals surface area contributed by atoms with Gasteiger partial charge in [0.05, 0.1) is 12.8 Å². The average molecular weight is 495 g/mol. The lowest BCUT2D eigenvalue weighted by Gasteiger charge is -2.30. The maximum atomic E-state index is 12.9. The van der Waals surface area contributed by atoms with Crippen LogP contribution in [-0.2, 0) is 0 Å². The van der Waals surface area contributed by atoms with Gasteiger partial charge in [0.1, 0.15) is 11.4 Å². The highest BCUT2D eigenvalue weighted by Crippen LogP contribution is 2.33. The van der Waals surface area contributed by atoms with Gasteiger partial charge in [-0.25, -0.2) is 0 Å². The zero-order chi connectivity index (χ0) is 25.9. The number of hydrogen-bond acceptors (Lipinski definition) is 9. The topological polar surface area (TPSA) is 124 Å². The monoisotopic (exact) mass is 495 g/mol. The number of anilines is 2. The van der Waals surface area contributed by atoms with Crippen molar-refractivity contribution < 1.29 is 24.7 Å². The maximum Gasteiger partial charge on any atom is 0.204 e. The van der Waals surface area contributed by atoms with E-state index in [2.05, 4.69) is 0 Å². The molecule has 5 aromatic carbocycles. The molecule has 0 aliphatic rings. The number of methoxy groups -OCH3 is 1. The minimum atomic E-state index is -0.115. The van der Waals surface area contributed by atoms with Crippen LogP contribution < -0.4 is 30.0 Å². The first-order valence-corrected chi connectivity index (χ1v) is 11.2. The third-order valence-electron chi connectivity index (χ3n) is 5.76. The molecule has 0 atom stereocenters. The lowest BCUT2D eigenvalue weighted by atomic mass is 10.1. The first-order valence-electron chi connectivity index (χ1n) is 11.2. The van der Waals surface area contributed by atoms with E-state index in [1.165, 1.54) is 24.3 Å². The Labute approximate surface area is 211 Å². The van der Waals surface area contributed by atoms with Crippen LogP contribution in [0.25, 0.3) is 21.5 Å². The Hall–Kier alpha value is -4.99. The van der Waals surface area contributed by atoms with Crippen molar-refractivity contribution in [3.05, 3.63) is 102 Å². The second-order valence-corrected chi connectivity index (χ2v) is 8.15. The van der Waals surface area contributed by atoms with E-state index < -0.39 is 0 Å². The van der Waals surface area contributed by atoms with Crippen LogP contribution in [0.2, 0.25) is 0 Å². The predicted octanol–water partition coefficient (Wildman–Crippen LogP) is 5.56.